The van der Waals surface area contributed by atoms with Crippen molar-refractivity contribution in [2.75, 3.05) is 17.7 Å². The molecule has 2 aromatic heterocycles. The van der Waals surface area contributed by atoms with Crippen molar-refractivity contribution in [2.24, 2.45) is 0 Å². The summed E-state index contributed by atoms with van der Waals surface area (Å²) in [5.41, 5.74) is 3.94. The average Bonchev–Trinajstić information content (AvgIpc) is 3.45. The quantitative estimate of drug-likeness (QED) is 0.375. The molecule has 2 heterocycles. The van der Waals surface area contributed by atoms with Crippen LogP contribution in [0.5, 0.6) is 5.75 Å². The highest BCUT2D eigenvalue weighted by atomic mass is 32.2. The first kappa shape index (κ1) is 22.6. The molecule has 0 unspecified atom stereocenters. The molecule has 4 rings (SSSR count). The van der Waals surface area contributed by atoms with Crippen LogP contribution in [-0.2, 0) is 11.3 Å². The maximum atomic E-state index is 12.7. The van der Waals surface area contributed by atoms with E-state index >= 15 is 0 Å². The molecular weight excluding hydrogens is 436 g/mol. The van der Waals surface area contributed by atoms with Gasteiger partial charge in [0, 0.05) is 12.4 Å². The number of amides is 1. The molecule has 0 aliphatic heterocycles. The molecule has 0 saturated heterocycles. The molecule has 1 N–H and O–H groups in total. The molecule has 0 bridgehead atoms. The highest BCUT2D eigenvalue weighted by Gasteiger charge is 2.16. The molecular formula is C24H26N6O2S. The van der Waals surface area contributed by atoms with Crippen molar-refractivity contribution < 1.29 is 9.53 Å². The van der Waals surface area contributed by atoms with E-state index < -0.39 is 0 Å². The maximum Gasteiger partial charge on any atom is 0.234 e. The van der Waals surface area contributed by atoms with Crippen LogP contribution >= 0.6 is 11.8 Å². The number of aryl methyl sites for hydroxylation is 3. The summed E-state index contributed by atoms with van der Waals surface area (Å²) in [4.78, 5) is 16.7. The van der Waals surface area contributed by atoms with Gasteiger partial charge in [-0.15, -0.1) is 10.2 Å². The van der Waals surface area contributed by atoms with E-state index in [-0.39, 0.29) is 11.7 Å². The first-order chi connectivity index (χ1) is 16.0. The molecule has 4 aromatic rings. The lowest BCUT2D eigenvalue weighted by molar-refractivity contribution is -0.113. The number of benzene rings is 2. The fourth-order valence-electron chi connectivity index (χ4n) is 3.37. The third-order valence-electron chi connectivity index (χ3n) is 5.06. The lowest BCUT2D eigenvalue weighted by Gasteiger charge is -2.13. The highest BCUT2D eigenvalue weighted by Crippen LogP contribution is 2.27. The van der Waals surface area contributed by atoms with E-state index in [1.54, 1.807) is 12.5 Å². The zero-order valence-corrected chi connectivity index (χ0v) is 19.7. The van der Waals surface area contributed by atoms with E-state index in [9.17, 15) is 4.79 Å². The van der Waals surface area contributed by atoms with Crippen molar-refractivity contribution in [2.45, 2.75) is 32.5 Å². The third kappa shape index (κ3) is 5.61. The summed E-state index contributed by atoms with van der Waals surface area (Å²) in [5, 5.41) is 12.1. The number of para-hydroxylation sites is 2. The molecule has 0 atom stereocenters. The topological polar surface area (TPSA) is 86.9 Å². The molecule has 0 spiro atoms. The van der Waals surface area contributed by atoms with Gasteiger partial charge in [-0.05, 0) is 50.1 Å². The molecule has 0 radical (unpaired) electrons. The van der Waals surface area contributed by atoms with Gasteiger partial charge in [0.2, 0.25) is 5.91 Å². The molecule has 2 aromatic carbocycles. The Bertz CT molecular complexity index is 1240. The van der Waals surface area contributed by atoms with Crippen molar-refractivity contribution >= 4 is 23.4 Å². The van der Waals surface area contributed by atoms with Crippen molar-refractivity contribution in [3.05, 3.63) is 78.1 Å². The van der Waals surface area contributed by atoms with Gasteiger partial charge in [-0.3, -0.25) is 9.36 Å². The van der Waals surface area contributed by atoms with Crippen LogP contribution in [0.1, 0.15) is 17.0 Å². The minimum Gasteiger partial charge on any atom is -0.490 e. The average molecular weight is 463 g/mol. The van der Waals surface area contributed by atoms with Gasteiger partial charge in [-0.1, -0.05) is 36.0 Å². The van der Waals surface area contributed by atoms with Gasteiger partial charge < -0.3 is 14.6 Å². The van der Waals surface area contributed by atoms with Crippen LogP contribution in [0.4, 0.5) is 5.69 Å². The number of ether oxygens (including phenoxy) is 1. The van der Waals surface area contributed by atoms with Crippen LogP contribution in [0.3, 0.4) is 0 Å². The second-order valence-electron chi connectivity index (χ2n) is 7.64. The van der Waals surface area contributed by atoms with E-state index in [4.69, 9.17) is 4.74 Å². The SMILES string of the molecule is Cc1ccc(C)c(-n2c(C)nnc2SCC(=O)Nc2ccccc2OCCn2ccnc2)c1. The van der Waals surface area contributed by atoms with Gasteiger partial charge in [0.15, 0.2) is 5.16 Å². The van der Waals surface area contributed by atoms with Crippen LogP contribution in [0.15, 0.2) is 66.3 Å². The maximum absolute atomic E-state index is 12.7. The Labute approximate surface area is 197 Å². The van der Waals surface area contributed by atoms with Gasteiger partial charge >= 0.3 is 0 Å². The molecule has 33 heavy (non-hydrogen) atoms. The second-order valence-corrected chi connectivity index (χ2v) is 8.58. The molecule has 0 fully saturated rings. The standard InChI is InChI=1S/C24H26N6O2S/c1-17-8-9-18(2)21(14-17)30-19(3)27-28-24(30)33-15-23(31)26-20-6-4-5-7-22(20)32-13-12-29-11-10-25-16-29/h4-11,14,16H,12-13,15H2,1-3H3,(H,26,31). The molecule has 170 valence electrons. The largest absolute Gasteiger partial charge is 0.490 e. The van der Waals surface area contributed by atoms with Gasteiger partial charge in [-0.25, -0.2) is 4.98 Å². The van der Waals surface area contributed by atoms with Crippen LogP contribution in [0.25, 0.3) is 5.69 Å². The van der Waals surface area contributed by atoms with Crippen molar-refractivity contribution in [3.8, 4) is 11.4 Å². The zero-order valence-electron chi connectivity index (χ0n) is 18.9. The Hall–Kier alpha value is -3.59. The number of carbonyl (C=O) groups excluding carboxylic acids is 1. The number of carbonyl (C=O) groups is 1. The first-order valence-corrected chi connectivity index (χ1v) is 11.6. The van der Waals surface area contributed by atoms with Crippen LogP contribution in [-0.4, -0.2) is 42.6 Å². The Morgan fingerprint density at radius 2 is 1.97 bits per heavy atom. The summed E-state index contributed by atoms with van der Waals surface area (Å²) >= 11 is 1.35. The summed E-state index contributed by atoms with van der Waals surface area (Å²) in [6.45, 7) is 7.16. The Kier molecular flexibility index (Phi) is 7.09. The Balaban J connectivity index is 1.39. The molecule has 1 amide bonds. The Morgan fingerprint density at radius 3 is 2.79 bits per heavy atom. The number of hydrogen-bond donors (Lipinski definition) is 1. The van der Waals surface area contributed by atoms with Gasteiger partial charge in [0.1, 0.15) is 18.2 Å². The predicted molar refractivity (Wildman–Crippen MR) is 129 cm³/mol. The first-order valence-electron chi connectivity index (χ1n) is 10.6. The molecule has 0 aliphatic carbocycles. The lowest BCUT2D eigenvalue weighted by atomic mass is 10.1. The predicted octanol–water partition coefficient (Wildman–Crippen LogP) is 4.20. The number of thioether (sulfide) groups is 1. The normalized spacial score (nSPS) is 10.9. The molecule has 9 heteroatoms. The number of nitrogens with zero attached hydrogens (tertiary/aromatic N) is 5. The second kappa shape index (κ2) is 10.4. The monoisotopic (exact) mass is 462 g/mol. The lowest BCUT2D eigenvalue weighted by Crippen LogP contribution is -2.16. The summed E-state index contributed by atoms with van der Waals surface area (Å²) in [5.74, 6) is 1.47. The van der Waals surface area contributed by atoms with E-state index in [0.29, 0.717) is 29.7 Å². The Morgan fingerprint density at radius 1 is 1.12 bits per heavy atom. The third-order valence-corrected chi connectivity index (χ3v) is 5.99. The fraction of sp³-hybridized carbons (Fsp3) is 0.250. The summed E-state index contributed by atoms with van der Waals surface area (Å²) in [6, 6.07) is 13.7. The minimum atomic E-state index is -0.140. The highest BCUT2D eigenvalue weighted by molar-refractivity contribution is 7.99. The number of anilines is 1. The smallest absolute Gasteiger partial charge is 0.234 e. The van der Waals surface area contributed by atoms with Crippen LogP contribution < -0.4 is 10.1 Å². The van der Waals surface area contributed by atoms with E-state index in [0.717, 1.165) is 22.6 Å². The number of aromatic nitrogens is 5. The number of nitrogens with one attached hydrogen (secondary N) is 1. The fourth-order valence-corrected chi connectivity index (χ4v) is 4.16. The van der Waals surface area contributed by atoms with E-state index in [1.807, 2.05) is 46.5 Å². The van der Waals surface area contributed by atoms with Crippen LogP contribution in [0, 0.1) is 20.8 Å². The summed E-state index contributed by atoms with van der Waals surface area (Å²) in [6.07, 6.45) is 5.36. The summed E-state index contributed by atoms with van der Waals surface area (Å²) < 4.78 is 9.81. The van der Waals surface area contributed by atoms with Crippen molar-refractivity contribution in [1.82, 2.24) is 24.3 Å². The number of rotatable bonds is 9. The molecule has 8 nitrogen and oxygen atoms in total. The van der Waals surface area contributed by atoms with Crippen molar-refractivity contribution in [3.63, 3.8) is 0 Å². The summed E-state index contributed by atoms with van der Waals surface area (Å²) in [7, 11) is 0. The minimum absolute atomic E-state index is 0.140. The number of hydrogen-bond acceptors (Lipinski definition) is 6. The zero-order chi connectivity index (χ0) is 23.2. The van der Waals surface area contributed by atoms with Crippen molar-refractivity contribution in [1.29, 1.82) is 0 Å². The van der Waals surface area contributed by atoms with E-state index in [1.165, 1.54) is 11.8 Å². The van der Waals surface area contributed by atoms with E-state index in [2.05, 4.69) is 52.5 Å². The van der Waals surface area contributed by atoms with Gasteiger partial charge in [-0.2, -0.15) is 0 Å². The van der Waals surface area contributed by atoms with Crippen LogP contribution in [0.2, 0.25) is 0 Å². The van der Waals surface area contributed by atoms with Gasteiger partial charge in [0.25, 0.3) is 0 Å². The molecule has 0 aliphatic rings. The molecule has 0 saturated carbocycles. The number of imidazole rings is 1. The van der Waals surface area contributed by atoms with Gasteiger partial charge in [0.05, 0.1) is 30.0 Å².